The summed E-state index contributed by atoms with van der Waals surface area (Å²) in [4.78, 5) is 25.6. The third kappa shape index (κ3) is 2.82. The molecule has 3 rings (SSSR count). The van der Waals surface area contributed by atoms with E-state index in [1.165, 1.54) is 0 Å². The van der Waals surface area contributed by atoms with Crippen molar-refractivity contribution in [2.45, 2.75) is 18.9 Å². The van der Waals surface area contributed by atoms with Crippen LogP contribution in [0.15, 0.2) is 30.9 Å². The lowest BCUT2D eigenvalue weighted by atomic mass is 10.2. The van der Waals surface area contributed by atoms with Gasteiger partial charge in [-0.15, -0.1) is 6.58 Å². The molecule has 0 radical (unpaired) electrons. The van der Waals surface area contributed by atoms with Gasteiger partial charge in [0.1, 0.15) is 11.9 Å². The second-order valence-electron chi connectivity index (χ2n) is 5.26. The van der Waals surface area contributed by atoms with Crippen molar-refractivity contribution in [1.82, 2.24) is 0 Å². The second-order valence-corrected chi connectivity index (χ2v) is 5.26. The number of hydrogen-bond acceptors (Lipinski definition) is 4. The molecular weight excluding hydrogens is 284 g/mol. The minimum absolute atomic E-state index is 0.0163. The number of nitrogens with zero attached hydrogens (tertiary/aromatic N) is 1. The number of amides is 2. The van der Waals surface area contributed by atoms with Crippen LogP contribution in [0, 0.1) is 0 Å². The Labute approximate surface area is 128 Å². The number of rotatable bonds is 4. The molecule has 0 spiro atoms. The van der Waals surface area contributed by atoms with Crippen molar-refractivity contribution in [2.75, 3.05) is 30.0 Å². The van der Waals surface area contributed by atoms with Crippen molar-refractivity contribution in [1.29, 1.82) is 0 Å². The number of carbonyl (C=O) groups excluding carboxylic acids is 2. The van der Waals surface area contributed by atoms with E-state index in [2.05, 4.69) is 11.9 Å². The van der Waals surface area contributed by atoms with Gasteiger partial charge in [0.25, 0.3) is 11.8 Å². The lowest BCUT2D eigenvalue weighted by Gasteiger charge is -2.29. The standard InChI is InChI=1S/C16H18N2O4/c1-2-7-18-12-9-11(5-6-13(12)22-10-15(18)19)17-16(20)14-4-3-8-21-14/h2,5-6,9,14H,1,3-4,7-8,10H2,(H,17,20). The molecule has 1 atom stereocenters. The van der Waals surface area contributed by atoms with Crippen LogP contribution < -0.4 is 15.0 Å². The van der Waals surface area contributed by atoms with Gasteiger partial charge in [0, 0.05) is 18.8 Å². The van der Waals surface area contributed by atoms with Gasteiger partial charge in [-0.25, -0.2) is 0 Å². The van der Waals surface area contributed by atoms with Crippen molar-refractivity contribution in [3.8, 4) is 5.75 Å². The first kappa shape index (κ1) is 14.6. The first-order chi connectivity index (χ1) is 10.7. The highest BCUT2D eigenvalue weighted by atomic mass is 16.5. The van der Waals surface area contributed by atoms with E-state index in [1.807, 2.05) is 0 Å². The third-order valence-electron chi connectivity index (χ3n) is 3.70. The fraction of sp³-hybridized carbons (Fsp3) is 0.375. The summed E-state index contributed by atoms with van der Waals surface area (Å²) in [5.74, 6) is 0.336. The van der Waals surface area contributed by atoms with Crippen LogP contribution in [-0.4, -0.2) is 37.7 Å². The van der Waals surface area contributed by atoms with Crippen LogP contribution >= 0.6 is 0 Å². The average molecular weight is 302 g/mol. The van der Waals surface area contributed by atoms with E-state index >= 15 is 0 Å². The van der Waals surface area contributed by atoms with Crippen LogP contribution in [-0.2, 0) is 14.3 Å². The lowest BCUT2D eigenvalue weighted by Crippen LogP contribution is -2.38. The Morgan fingerprint density at radius 2 is 2.36 bits per heavy atom. The zero-order valence-corrected chi connectivity index (χ0v) is 12.2. The van der Waals surface area contributed by atoms with Gasteiger partial charge in [0.05, 0.1) is 5.69 Å². The third-order valence-corrected chi connectivity index (χ3v) is 3.70. The Balaban J connectivity index is 1.81. The number of nitrogens with one attached hydrogen (secondary N) is 1. The Bertz CT molecular complexity index is 608. The molecule has 0 bridgehead atoms. The van der Waals surface area contributed by atoms with Crippen molar-refractivity contribution < 1.29 is 19.1 Å². The highest BCUT2D eigenvalue weighted by Gasteiger charge is 2.26. The summed E-state index contributed by atoms with van der Waals surface area (Å²) in [5, 5.41) is 2.83. The molecule has 22 heavy (non-hydrogen) atoms. The first-order valence-electron chi connectivity index (χ1n) is 7.29. The zero-order chi connectivity index (χ0) is 15.5. The van der Waals surface area contributed by atoms with Gasteiger partial charge in [0.2, 0.25) is 0 Å². The van der Waals surface area contributed by atoms with E-state index in [1.54, 1.807) is 29.2 Å². The topological polar surface area (TPSA) is 67.9 Å². The molecule has 1 N–H and O–H groups in total. The quantitative estimate of drug-likeness (QED) is 0.860. The van der Waals surface area contributed by atoms with Gasteiger partial charge in [0.15, 0.2) is 6.61 Å². The van der Waals surface area contributed by atoms with E-state index in [0.717, 1.165) is 12.8 Å². The van der Waals surface area contributed by atoms with Crippen LogP contribution in [0.3, 0.4) is 0 Å². The predicted octanol–water partition coefficient (Wildman–Crippen LogP) is 1.72. The highest BCUT2D eigenvalue weighted by molar-refractivity contribution is 6.00. The average Bonchev–Trinajstić information content (AvgIpc) is 3.05. The van der Waals surface area contributed by atoms with E-state index in [-0.39, 0.29) is 18.4 Å². The maximum Gasteiger partial charge on any atom is 0.265 e. The van der Waals surface area contributed by atoms with Crippen molar-refractivity contribution in [2.24, 2.45) is 0 Å². The molecule has 0 saturated carbocycles. The summed E-state index contributed by atoms with van der Waals surface area (Å²) in [6.45, 7) is 4.70. The van der Waals surface area contributed by atoms with Gasteiger partial charge in [-0.05, 0) is 31.0 Å². The van der Waals surface area contributed by atoms with Crippen molar-refractivity contribution in [3.63, 3.8) is 0 Å². The number of anilines is 2. The fourth-order valence-corrected chi connectivity index (χ4v) is 2.62. The lowest BCUT2D eigenvalue weighted by molar-refractivity contribution is -0.124. The van der Waals surface area contributed by atoms with E-state index in [0.29, 0.717) is 30.3 Å². The van der Waals surface area contributed by atoms with Crippen molar-refractivity contribution >= 4 is 23.2 Å². The molecule has 1 aromatic carbocycles. The number of ether oxygens (including phenoxy) is 2. The van der Waals surface area contributed by atoms with Crippen LogP contribution in [0.2, 0.25) is 0 Å². The van der Waals surface area contributed by atoms with Gasteiger partial charge in [-0.2, -0.15) is 0 Å². The molecule has 1 aromatic rings. The molecule has 2 aliphatic heterocycles. The molecule has 2 heterocycles. The summed E-state index contributed by atoms with van der Waals surface area (Å²) < 4.78 is 10.8. The van der Waals surface area contributed by atoms with Gasteiger partial charge >= 0.3 is 0 Å². The molecule has 2 amide bonds. The van der Waals surface area contributed by atoms with E-state index in [9.17, 15) is 9.59 Å². The molecule has 1 saturated heterocycles. The zero-order valence-electron chi connectivity index (χ0n) is 12.2. The minimum atomic E-state index is -0.391. The maximum atomic E-state index is 12.1. The monoisotopic (exact) mass is 302 g/mol. The van der Waals surface area contributed by atoms with Crippen LogP contribution in [0.5, 0.6) is 5.75 Å². The van der Waals surface area contributed by atoms with E-state index in [4.69, 9.17) is 9.47 Å². The molecule has 6 heteroatoms. The van der Waals surface area contributed by atoms with Gasteiger partial charge in [-0.1, -0.05) is 6.08 Å². The number of carbonyl (C=O) groups is 2. The largest absolute Gasteiger partial charge is 0.482 e. The Morgan fingerprint density at radius 1 is 1.50 bits per heavy atom. The summed E-state index contributed by atoms with van der Waals surface area (Å²) in [6.07, 6.45) is 2.90. The minimum Gasteiger partial charge on any atom is -0.482 e. The molecule has 116 valence electrons. The molecule has 1 unspecified atom stereocenters. The van der Waals surface area contributed by atoms with Gasteiger partial charge in [-0.3, -0.25) is 9.59 Å². The van der Waals surface area contributed by atoms with Crippen LogP contribution in [0.4, 0.5) is 11.4 Å². The summed E-state index contributed by atoms with van der Waals surface area (Å²) in [5.41, 5.74) is 1.26. The second kappa shape index (κ2) is 6.19. The number of hydrogen-bond donors (Lipinski definition) is 1. The SMILES string of the molecule is C=CCN1C(=O)COc2ccc(NC(=O)C3CCCO3)cc21. The molecular formula is C16H18N2O4. The number of fused-ring (bicyclic) bond motifs is 1. The van der Waals surface area contributed by atoms with Crippen LogP contribution in [0.1, 0.15) is 12.8 Å². The molecule has 0 aromatic heterocycles. The Hall–Kier alpha value is -2.34. The maximum absolute atomic E-state index is 12.1. The molecule has 6 nitrogen and oxygen atoms in total. The number of benzene rings is 1. The summed E-state index contributed by atoms with van der Waals surface area (Å²) >= 11 is 0. The van der Waals surface area contributed by atoms with Crippen molar-refractivity contribution in [3.05, 3.63) is 30.9 Å². The first-order valence-corrected chi connectivity index (χ1v) is 7.29. The predicted molar refractivity (Wildman–Crippen MR) is 82.1 cm³/mol. The fourth-order valence-electron chi connectivity index (χ4n) is 2.62. The Kier molecular flexibility index (Phi) is 4.11. The van der Waals surface area contributed by atoms with Crippen LogP contribution in [0.25, 0.3) is 0 Å². The molecule has 1 fully saturated rings. The summed E-state index contributed by atoms with van der Waals surface area (Å²) in [6, 6.07) is 5.25. The van der Waals surface area contributed by atoms with E-state index < -0.39 is 6.10 Å². The normalized spacial score (nSPS) is 20.3. The smallest absolute Gasteiger partial charge is 0.265 e. The summed E-state index contributed by atoms with van der Waals surface area (Å²) in [7, 11) is 0. The van der Waals surface area contributed by atoms with Gasteiger partial charge < -0.3 is 19.7 Å². The Morgan fingerprint density at radius 3 is 3.09 bits per heavy atom. The molecule has 2 aliphatic rings. The highest BCUT2D eigenvalue weighted by Crippen LogP contribution is 2.34. The molecule has 0 aliphatic carbocycles.